The van der Waals surface area contributed by atoms with Gasteiger partial charge in [-0.05, 0) is 32.1 Å². The normalized spacial score (nSPS) is 12.4. The van der Waals surface area contributed by atoms with Crippen molar-refractivity contribution in [1.82, 2.24) is 5.32 Å². The minimum atomic E-state index is -0.841. The molecule has 0 saturated heterocycles. The fraction of sp³-hybridized carbons (Fsp3) is 0.952. The van der Waals surface area contributed by atoms with E-state index in [4.69, 9.17) is 4.74 Å². The first-order valence-corrected chi connectivity index (χ1v) is 42.0. The molecule has 536 valence electrons. The fourth-order valence-corrected chi connectivity index (χ4v) is 13.7. The van der Waals surface area contributed by atoms with E-state index in [0.29, 0.717) is 19.4 Å². The third kappa shape index (κ3) is 75.6. The molecule has 0 aromatic carbocycles. The van der Waals surface area contributed by atoms with Gasteiger partial charge in [0.05, 0.1) is 25.4 Å². The van der Waals surface area contributed by atoms with E-state index in [1.807, 2.05) is 6.08 Å². The van der Waals surface area contributed by atoms with Crippen molar-refractivity contribution in [3.05, 3.63) is 12.2 Å². The zero-order chi connectivity index (χ0) is 64.9. The Morgan fingerprint density at radius 2 is 0.511 bits per heavy atom. The third-order valence-corrected chi connectivity index (χ3v) is 20.1. The molecule has 6 nitrogen and oxygen atoms in total. The number of unbranched alkanes of at least 4 members (excludes halogenated alkanes) is 69. The van der Waals surface area contributed by atoms with E-state index < -0.39 is 12.1 Å². The number of nitrogens with one attached hydrogen (secondary N) is 1. The van der Waals surface area contributed by atoms with E-state index in [1.165, 1.54) is 424 Å². The lowest BCUT2D eigenvalue weighted by molar-refractivity contribution is -0.143. The number of hydrogen-bond donors (Lipinski definition) is 3. The van der Waals surface area contributed by atoms with Gasteiger partial charge in [-0.25, -0.2) is 0 Å². The first-order chi connectivity index (χ1) is 44.5. The molecule has 0 spiro atoms. The number of aliphatic hydroxyl groups is 2. The van der Waals surface area contributed by atoms with Gasteiger partial charge in [-0.2, -0.15) is 0 Å². The molecule has 0 aliphatic heterocycles. The molecule has 0 saturated carbocycles. The molecule has 0 aromatic rings. The summed E-state index contributed by atoms with van der Waals surface area (Å²) in [5.41, 5.74) is 0. The van der Waals surface area contributed by atoms with Crippen molar-refractivity contribution in [2.75, 3.05) is 13.2 Å². The maximum Gasteiger partial charge on any atom is 0.305 e. The second-order valence-corrected chi connectivity index (χ2v) is 29.2. The van der Waals surface area contributed by atoms with Crippen LogP contribution in [0.5, 0.6) is 0 Å². The van der Waals surface area contributed by atoms with Crippen LogP contribution in [0.1, 0.15) is 489 Å². The molecule has 0 rings (SSSR count). The smallest absolute Gasteiger partial charge is 0.305 e. The lowest BCUT2D eigenvalue weighted by atomic mass is 10.0. The van der Waals surface area contributed by atoms with Crippen LogP contribution >= 0.6 is 0 Å². The molecule has 1 amide bonds. The Morgan fingerprint density at radius 3 is 0.756 bits per heavy atom. The van der Waals surface area contributed by atoms with Crippen LogP contribution in [-0.4, -0.2) is 47.4 Å². The summed E-state index contributed by atoms with van der Waals surface area (Å²) in [6, 6.07) is -0.624. The van der Waals surface area contributed by atoms with Crippen LogP contribution in [0.3, 0.4) is 0 Å². The van der Waals surface area contributed by atoms with Gasteiger partial charge in [0.1, 0.15) is 0 Å². The Morgan fingerprint density at radius 1 is 0.300 bits per heavy atom. The minimum absolute atomic E-state index is 0.0267. The summed E-state index contributed by atoms with van der Waals surface area (Å²) in [6.07, 6.45) is 102. The Balaban J connectivity index is 3.32. The molecule has 90 heavy (non-hydrogen) atoms. The SMILES string of the molecule is CCCCCCCCCCCCCCCCCCCCCC/C=C/C(O)C(CO)NC(=O)CCCCCCCCCCCCCCCCCCCCCCCCCCCCCCCCCCCCCCCOC(=O)CCCCCCCCCCCCCCCC. The number of rotatable bonds is 80. The first-order valence-electron chi connectivity index (χ1n) is 42.0. The van der Waals surface area contributed by atoms with E-state index in [9.17, 15) is 19.8 Å². The van der Waals surface area contributed by atoms with Gasteiger partial charge in [0.25, 0.3) is 0 Å². The maximum atomic E-state index is 12.6. The van der Waals surface area contributed by atoms with Crippen molar-refractivity contribution in [1.29, 1.82) is 0 Å². The highest BCUT2D eigenvalue weighted by molar-refractivity contribution is 5.76. The highest BCUT2D eigenvalue weighted by Crippen LogP contribution is 2.21. The van der Waals surface area contributed by atoms with Crippen molar-refractivity contribution in [3.63, 3.8) is 0 Å². The molecule has 0 aliphatic rings. The number of hydrogen-bond acceptors (Lipinski definition) is 5. The predicted molar refractivity (Wildman–Crippen MR) is 398 cm³/mol. The van der Waals surface area contributed by atoms with Crippen LogP contribution in [0.15, 0.2) is 12.2 Å². The van der Waals surface area contributed by atoms with Gasteiger partial charge in [-0.15, -0.1) is 0 Å². The number of allylic oxidation sites excluding steroid dienone is 1. The van der Waals surface area contributed by atoms with Gasteiger partial charge >= 0.3 is 5.97 Å². The summed E-state index contributed by atoms with van der Waals surface area (Å²) in [5.74, 6) is -0.0298. The minimum Gasteiger partial charge on any atom is -0.466 e. The monoisotopic (exact) mass is 1270 g/mol. The Bertz CT molecular complexity index is 1370. The van der Waals surface area contributed by atoms with Crippen LogP contribution in [-0.2, 0) is 14.3 Å². The Labute approximate surface area is 565 Å². The number of carbonyl (C=O) groups is 2. The number of amides is 1. The summed E-state index contributed by atoms with van der Waals surface area (Å²) >= 11 is 0. The lowest BCUT2D eigenvalue weighted by Gasteiger charge is -2.20. The fourth-order valence-electron chi connectivity index (χ4n) is 13.7. The standard InChI is InChI=1S/C84H165NO5/c1-3-5-7-9-11-13-15-17-19-20-21-22-40-43-46-49-52-56-60-64-68-72-76-82(87)81(80-86)85-83(88)77-73-69-65-61-57-53-50-47-44-41-38-36-34-32-30-28-26-24-23-25-27-29-31-33-35-37-39-42-45-48-51-55-59-63-67-71-75-79-90-84(89)78-74-70-66-62-58-54-18-16-14-12-10-8-6-4-2/h72,76,81-82,86-87H,3-71,73-75,77-80H2,1-2H3,(H,85,88)/b76-72+. The summed E-state index contributed by atoms with van der Waals surface area (Å²) in [6.45, 7) is 4.97. The predicted octanol–water partition coefficient (Wildman–Crippen LogP) is 27.8. The zero-order valence-corrected chi connectivity index (χ0v) is 61.7. The molecule has 6 heteroatoms. The van der Waals surface area contributed by atoms with Gasteiger partial charge in [-0.3, -0.25) is 9.59 Å². The van der Waals surface area contributed by atoms with Crippen LogP contribution < -0.4 is 5.32 Å². The van der Waals surface area contributed by atoms with Crippen molar-refractivity contribution in [3.8, 4) is 0 Å². The molecule has 0 fully saturated rings. The van der Waals surface area contributed by atoms with Crippen LogP contribution in [0.25, 0.3) is 0 Å². The van der Waals surface area contributed by atoms with Gasteiger partial charge < -0.3 is 20.3 Å². The molecule has 2 unspecified atom stereocenters. The van der Waals surface area contributed by atoms with E-state index in [1.54, 1.807) is 6.08 Å². The second kappa shape index (κ2) is 80.0. The van der Waals surface area contributed by atoms with Gasteiger partial charge in [0.15, 0.2) is 0 Å². The number of aliphatic hydroxyl groups excluding tert-OH is 2. The lowest BCUT2D eigenvalue weighted by Crippen LogP contribution is -2.45. The quantitative estimate of drug-likeness (QED) is 0.0320. The molecular weight excluding hydrogens is 1100 g/mol. The molecular formula is C84H165NO5. The molecule has 0 aromatic heterocycles. The van der Waals surface area contributed by atoms with Crippen molar-refractivity contribution in [2.24, 2.45) is 0 Å². The molecule has 0 aliphatic carbocycles. The first kappa shape index (κ1) is 88.6. The average Bonchev–Trinajstić information content (AvgIpc) is 3.65. The Kier molecular flexibility index (Phi) is 78.8. The average molecular weight is 1270 g/mol. The molecule has 0 radical (unpaired) electrons. The zero-order valence-electron chi connectivity index (χ0n) is 61.7. The van der Waals surface area contributed by atoms with E-state index >= 15 is 0 Å². The largest absolute Gasteiger partial charge is 0.466 e. The van der Waals surface area contributed by atoms with E-state index in [2.05, 4.69) is 19.2 Å². The summed E-state index contributed by atoms with van der Waals surface area (Å²) in [5, 5.41) is 23.3. The van der Waals surface area contributed by atoms with Crippen molar-refractivity contribution >= 4 is 11.9 Å². The van der Waals surface area contributed by atoms with E-state index in [0.717, 1.165) is 38.5 Å². The third-order valence-electron chi connectivity index (χ3n) is 20.1. The molecule has 2 atom stereocenters. The summed E-state index contributed by atoms with van der Waals surface area (Å²) in [4.78, 5) is 24.6. The van der Waals surface area contributed by atoms with Crippen molar-refractivity contribution in [2.45, 2.75) is 501 Å². The van der Waals surface area contributed by atoms with Crippen molar-refractivity contribution < 1.29 is 24.5 Å². The van der Waals surface area contributed by atoms with Crippen LogP contribution in [0.2, 0.25) is 0 Å². The second-order valence-electron chi connectivity index (χ2n) is 29.2. The topological polar surface area (TPSA) is 95.9 Å². The molecule has 0 bridgehead atoms. The van der Waals surface area contributed by atoms with Gasteiger partial charge in [0.2, 0.25) is 5.91 Å². The van der Waals surface area contributed by atoms with Gasteiger partial charge in [-0.1, -0.05) is 456 Å². The highest BCUT2D eigenvalue weighted by atomic mass is 16.5. The van der Waals surface area contributed by atoms with Crippen LogP contribution in [0.4, 0.5) is 0 Å². The number of ether oxygens (including phenoxy) is 1. The summed E-state index contributed by atoms with van der Waals surface area (Å²) in [7, 11) is 0. The van der Waals surface area contributed by atoms with Crippen LogP contribution in [0, 0.1) is 0 Å². The highest BCUT2D eigenvalue weighted by Gasteiger charge is 2.18. The molecule has 0 heterocycles. The summed E-state index contributed by atoms with van der Waals surface area (Å²) < 4.78 is 5.51. The molecule has 3 N–H and O–H groups in total. The Hall–Kier alpha value is -1.40. The van der Waals surface area contributed by atoms with E-state index in [-0.39, 0.29) is 18.5 Å². The number of esters is 1. The number of carbonyl (C=O) groups excluding carboxylic acids is 2. The van der Waals surface area contributed by atoms with Gasteiger partial charge in [0, 0.05) is 12.8 Å². The maximum absolute atomic E-state index is 12.6.